The van der Waals surface area contributed by atoms with Crippen molar-refractivity contribution in [3.63, 3.8) is 0 Å². The monoisotopic (exact) mass is 414 g/mol. The van der Waals surface area contributed by atoms with Gasteiger partial charge in [-0.25, -0.2) is 4.98 Å². The first-order valence-electron chi connectivity index (χ1n) is 9.27. The molecule has 0 bridgehead atoms. The summed E-state index contributed by atoms with van der Waals surface area (Å²) in [5.41, 5.74) is 2.21. The average Bonchev–Trinajstić information content (AvgIpc) is 3.24. The summed E-state index contributed by atoms with van der Waals surface area (Å²) in [4.78, 5) is 5.57. The van der Waals surface area contributed by atoms with Crippen LogP contribution in [0.5, 0.6) is 23.0 Å². The molecule has 1 heterocycles. The topological polar surface area (TPSA) is 61.8 Å². The largest absolute Gasteiger partial charge is 0.497 e. The van der Waals surface area contributed by atoms with E-state index >= 15 is 0 Å². The third-order valence-electron chi connectivity index (χ3n) is 4.55. The Balaban J connectivity index is 1.62. The van der Waals surface area contributed by atoms with Crippen molar-refractivity contribution in [2.45, 2.75) is 13.0 Å². The van der Waals surface area contributed by atoms with E-state index in [2.05, 4.69) is 22.4 Å². The molecule has 0 atom stereocenters. The molecular weight excluding hydrogens is 388 g/mol. The molecule has 1 aromatic heterocycles. The standard InChI is InChI=1S/C22H26N2O4S/c1-25-16-7-5-15(6-8-16)11-12-23-14-20-24-13-19(29-20)17-9-10-18(26-2)22(28-4)21(17)27-3/h5-10,13,23H,11-12,14H2,1-4H3. The lowest BCUT2D eigenvalue weighted by atomic mass is 10.1. The van der Waals surface area contributed by atoms with Crippen molar-refractivity contribution in [1.82, 2.24) is 10.3 Å². The Morgan fingerprint density at radius 3 is 2.28 bits per heavy atom. The molecule has 0 amide bonds. The molecule has 0 fully saturated rings. The van der Waals surface area contributed by atoms with Gasteiger partial charge in [0, 0.05) is 18.3 Å². The molecule has 0 spiro atoms. The fourth-order valence-corrected chi connectivity index (χ4v) is 3.94. The number of hydrogen-bond donors (Lipinski definition) is 1. The minimum atomic E-state index is 0.583. The molecule has 2 aromatic carbocycles. The summed E-state index contributed by atoms with van der Waals surface area (Å²) in [6.07, 6.45) is 2.82. The SMILES string of the molecule is COc1ccc(CCNCc2ncc(-c3ccc(OC)c(OC)c3OC)s2)cc1. The Morgan fingerprint density at radius 1 is 0.862 bits per heavy atom. The lowest BCUT2D eigenvalue weighted by Crippen LogP contribution is -2.16. The van der Waals surface area contributed by atoms with Gasteiger partial charge in [0.25, 0.3) is 0 Å². The van der Waals surface area contributed by atoms with Crippen LogP contribution in [0.3, 0.4) is 0 Å². The summed E-state index contributed by atoms with van der Waals surface area (Å²) in [6.45, 7) is 1.59. The molecular formula is C22H26N2O4S. The normalized spacial score (nSPS) is 10.6. The number of rotatable bonds is 10. The zero-order valence-electron chi connectivity index (χ0n) is 17.2. The third-order valence-corrected chi connectivity index (χ3v) is 5.58. The van der Waals surface area contributed by atoms with Crippen LogP contribution >= 0.6 is 11.3 Å². The lowest BCUT2D eigenvalue weighted by molar-refractivity contribution is 0.325. The Labute approximate surface area is 175 Å². The molecule has 7 heteroatoms. The van der Waals surface area contributed by atoms with Crippen molar-refractivity contribution in [1.29, 1.82) is 0 Å². The first-order chi connectivity index (χ1) is 14.2. The first kappa shape index (κ1) is 21.0. The molecule has 3 aromatic rings. The lowest BCUT2D eigenvalue weighted by Gasteiger charge is -2.14. The first-order valence-corrected chi connectivity index (χ1v) is 10.1. The van der Waals surface area contributed by atoms with Gasteiger partial charge in [-0.2, -0.15) is 0 Å². The van der Waals surface area contributed by atoms with Crippen LogP contribution in [0.2, 0.25) is 0 Å². The number of nitrogens with zero attached hydrogens (tertiary/aromatic N) is 1. The van der Waals surface area contributed by atoms with Gasteiger partial charge in [0.05, 0.1) is 33.3 Å². The van der Waals surface area contributed by atoms with E-state index in [1.165, 1.54) is 5.56 Å². The molecule has 29 heavy (non-hydrogen) atoms. The van der Waals surface area contributed by atoms with E-state index in [9.17, 15) is 0 Å². The number of thiazole rings is 1. The minimum Gasteiger partial charge on any atom is -0.497 e. The van der Waals surface area contributed by atoms with Gasteiger partial charge in [-0.05, 0) is 42.8 Å². The van der Waals surface area contributed by atoms with Gasteiger partial charge in [-0.1, -0.05) is 12.1 Å². The van der Waals surface area contributed by atoms with E-state index in [-0.39, 0.29) is 0 Å². The quantitative estimate of drug-likeness (QED) is 0.502. The van der Waals surface area contributed by atoms with E-state index in [4.69, 9.17) is 18.9 Å². The minimum absolute atomic E-state index is 0.583. The predicted octanol–water partition coefficient (Wildman–Crippen LogP) is 4.18. The second-order valence-corrected chi connectivity index (χ2v) is 7.39. The predicted molar refractivity (Wildman–Crippen MR) is 116 cm³/mol. The number of methoxy groups -OCH3 is 4. The maximum atomic E-state index is 5.59. The summed E-state index contributed by atoms with van der Waals surface area (Å²) in [5.74, 6) is 2.75. The Kier molecular flexibility index (Phi) is 7.32. The third kappa shape index (κ3) is 4.99. The van der Waals surface area contributed by atoms with Gasteiger partial charge >= 0.3 is 0 Å². The molecule has 154 valence electrons. The molecule has 0 aliphatic heterocycles. The average molecular weight is 415 g/mol. The number of hydrogen-bond acceptors (Lipinski definition) is 7. The number of nitrogens with one attached hydrogen (secondary N) is 1. The van der Waals surface area contributed by atoms with Crippen LogP contribution in [0.25, 0.3) is 10.4 Å². The molecule has 3 rings (SSSR count). The zero-order chi connectivity index (χ0) is 20.6. The van der Waals surface area contributed by atoms with E-state index in [0.29, 0.717) is 17.2 Å². The van der Waals surface area contributed by atoms with Crippen molar-refractivity contribution in [2.24, 2.45) is 0 Å². The zero-order valence-corrected chi connectivity index (χ0v) is 18.0. The highest BCUT2D eigenvalue weighted by Crippen LogP contribution is 2.45. The highest BCUT2D eigenvalue weighted by molar-refractivity contribution is 7.15. The van der Waals surface area contributed by atoms with Crippen LogP contribution in [-0.4, -0.2) is 40.0 Å². The van der Waals surface area contributed by atoms with Gasteiger partial charge in [0.1, 0.15) is 10.8 Å². The van der Waals surface area contributed by atoms with Crippen molar-refractivity contribution < 1.29 is 18.9 Å². The molecule has 0 saturated carbocycles. The van der Waals surface area contributed by atoms with E-state index in [0.717, 1.165) is 40.7 Å². The van der Waals surface area contributed by atoms with Gasteiger partial charge in [0.2, 0.25) is 5.75 Å². The van der Waals surface area contributed by atoms with Crippen molar-refractivity contribution in [3.8, 4) is 33.4 Å². The van der Waals surface area contributed by atoms with E-state index in [1.807, 2.05) is 30.5 Å². The number of ether oxygens (including phenoxy) is 4. The van der Waals surface area contributed by atoms with Gasteiger partial charge in [0.15, 0.2) is 11.5 Å². The van der Waals surface area contributed by atoms with Gasteiger partial charge < -0.3 is 24.3 Å². The van der Waals surface area contributed by atoms with Crippen LogP contribution in [-0.2, 0) is 13.0 Å². The fraction of sp³-hybridized carbons (Fsp3) is 0.318. The number of benzene rings is 2. The molecule has 0 aliphatic carbocycles. The van der Waals surface area contributed by atoms with Crippen LogP contribution in [0.15, 0.2) is 42.6 Å². The maximum Gasteiger partial charge on any atom is 0.203 e. The summed E-state index contributed by atoms with van der Waals surface area (Å²) in [7, 11) is 6.52. The van der Waals surface area contributed by atoms with Crippen LogP contribution < -0.4 is 24.3 Å². The summed E-state index contributed by atoms with van der Waals surface area (Å²) in [6, 6.07) is 12.0. The maximum absolute atomic E-state index is 5.59. The highest BCUT2D eigenvalue weighted by atomic mass is 32.1. The van der Waals surface area contributed by atoms with Crippen molar-refractivity contribution in [3.05, 3.63) is 53.2 Å². The Morgan fingerprint density at radius 2 is 1.62 bits per heavy atom. The van der Waals surface area contributed by atoms with E-state index in [1.54, 1.807) is 39.8 Å². The molecule has 0 unspecified atom stereocenters. The molecule has 1 N–H and O–H groups in total. The smallest absolute Gasteiger partial charge is 0.203 e. The molecule has 0 radical (unpaired) electrons. The van der Waals surface area contributed by atoms with Crippen molar-refractivity contribution >= 4 is 11.3 Å². The van der Waals surface area contributed by atoms with Crippen molar-refractivity contribution in [2.75, 3.05) is 35.0 Å². The molecule has 6 nitrogen and oxygen atoms in total. The second-order valence-electron chi connectivity index (χ2n) is 6.27. The molecule has 0 saturated heterocycles. The summed E-state index contributed by atoms with van der Waals surface area (Å²) in [5, 5.41) is 4.47. The van der Waals surface area contributed by atoms with Gasteiger partial charge in [-0.15, -0.1) is 11.3 Å². The fourth-order valence-electron chi connectivity index (χ4n) is 3.03. The summed E-state index contributed by atoms with van der Waals surface area (Å²) < 4.78 is 21.6. The highest BCUT2D eigenvalue weighted by Gasteiger charge is 2.18. The number of aromatic nitrogens is 1. The van der Waals surface area contributed by atoms with Crippen LogP contribution in [0.1, 0.15) is 10.6 Å². The summed E-state index contributed by atoms with van der Waals surface area (Å²) >= 11 is 1.63. The van der Waals surface area contributed by atoms with Crippen LogP contribution in [0, 0.1) is 0 Å². The van der Waals surface area contributed by atoms with E-state index < -0.39 is 0 Å². The van der Waals surface area contributed by atoms with Crippen LogP contribution in [0.4, 0.5) is 0 Å². The Hall–Kier alpha value is -2.77. The Bertz CT molecular complexity index is 925. The van der Waals surface area contributed by atoms with Gasteiger partial charge in [-0.3, -0.25) is 0 Å². The molecule has 0 aliphatic rings. The second kappa shape index (κ2) is 10.1.